The molecule has 2 amide bonds. The first-order chi connectivity index (χ1) is 15.4. The molecule has 2 aromatic heterocycles. The number of nitrogens with zero attached hydrogens (tertiary/aromatic N) is 3. The molecule has 0 saturated heterocycles. The third-order valence-electron chi connectivity index (χ3n) is 5.08. The second kappa shape index (κ2) is 8.06. The Morgan fingerprint density at radius 3 is 2.42 bits per heavy atom. The Kier molecular flexibility index (Phi) is 5.51. The number of anilines is 2. The van der Waals surface area contributed by atoms with E-state index >= 15 is 0 Å². The van der Waals surface area contributed by atoms with Crippen molar-refractivity contribution in [3.63, 3.8) is 0 Å². The standard InChI is InChI=1S/C24H23F3N4O2/c1-14-10-18(11-15(2)28-14)29-22(32)31-13-23(3,4)33-20-9-8-19(30-21(20)31)16-6-5-7-17(12-16)24(25,26)27/h5-12H,13H2,1-4H3,(H,28,29,32). The first kappa shape index (κ1) is 22.6. The summed E-state index contributed by atoms with van der Waals surface area (Å²) in [6, 6.07) is 11.2. The minimum atomic E-state index is -4.47. The lowest BCUT2D eigenvalue weighted by molar-refractivity contribution is -0.137. The average Bonchev–Trinajstić information content (AvgIpc) is 2.71. The Bertz CT molecular complexity index is 1200. The largest absolute Gasteiger partial charge is 0.482 e. The number of urea groups is 1. The van der Waals surface area contributed by atoms with Gasteiger partial charge in [0.25, 0.3) is 0 Å². The molecule has 172 valence electrons. The SMILES string of the molecule is Cc1cc(NC(=O)N2CC(C)(C)Oc3ccc(-c4cccc(C(F)(F)F)c4)nc32)cc(C)n1. The number of pyridine rings is 2. The van der Waals surface area contributed by atoms with Crippen LogP contribution >= 0.6 is 0 Å². The fourth-order valence-corrected chi connectivity index (χ4v) is 3.78. The Morgan fingerprint density at radius 1 is 1.06 bits per heavy atom. The molecule has 0 atom stereocenters. The molecule has 0 bridgehead atoms. The van der Waals surface area contributed by atoms with Gasteiger partial charge in [-0.3, -0.25) is 9.88 Å². The molecule has 1 aliphatic rings. The van der Waals surface area contributed by atoms with Gasteiger partial charge in [-0.05, 0) is 64.1 Å². The van der Waals surface area contributed by atoms with Crippen LogP contribution in [0.1, 0.15) is 30.8 Å². The number of aromatic nitrogens is 2. The molecule has 6 nitrogen and oxygen atoms in total. The zero-order chi connectivity index (χ0) is 24.0. The molecule has 1 aliphatic heterocycles. The van der Waals surface area contributed by atoms with Crippen LogP contribution in [0, 0.1) is 13.8 Å². The van der Waals surface area contributed by atoms with Gasteiger partial charge in [0, 0.05) is 22.6 Å². The van der Waals surface area contributed by atoms with Crippen molar-refractivity contribution in [3.8, 4) is 17.0 Å². The average molecular weight is 456 g/mol. The molecule has 0 saturated carbocycles. The maximum Gasteiger partial charge on any atom is 0.416 e. The number of alkyl halides is 3. The number of rotatable bonds is 2. The number of aryl methyl sites for hydroxylation is 2. The number of carbonyl (C=O) groups excluding carboxylic acids is 1. The van der Waals surface area contributed by atoms with Gasteiger partial charge in [-0.1, -0.05) is 12.1 Å². The molecule has 0 spiro atoms. The molecule has 0 fully saturated rings. The van der Waals surface area contributed by atoms with Crippen LogP contribution in [0.25, 0.3) is 11.3 Å². The second-order valence-corrected chi connectivity index (χ2v) is 8.61. The molecule has 0 unspecified atom stereocenters. The minimum absolute atomic E-state index is 0.202. The van der Waals surface area contributed by atoms with E-state index in [2.05, 4.69) is 15.3 Å². The summed E-state index contributed by atoms with van der Waals surface area (Å²) in [5.74, 6) is 0.614. The zero-order valence-electron chi connectivity index (χ0n) is 18.6. The number of amides is 2. The van der Waals surface area contributed by atoms with E-state index in [4.69, 9.17) is 4.74 Å². The Balaban J connectivity index is 1.72. The molecule has 33 heavy (non-hydrogen) atoms. The van der Waals surface area contributed by atoms with Gasteiger partial charge < -0.3 is 10.1 Å². The van der Waals surface area contributed by atoms with Gasteiger partial charge in [-0.2, -0.15) is 13.2 Å². The predicted molar refractivity (Wildman–Crippen MR) is 119 cm³/mol. The van der Waals surface area contributed by atoms with E-state index in [0.29, 0.717) is 22.7 Å². The van der Waals surface area contributed by atoms with Crippen molar-refractivity contribution in [2.24, 2.45) is 0 Å². The minimum Gasteiger partial charge on any atom is -0.482 e. The van der Waals surface area contributed by atoms with E-state index in [0.717, 1.165) is 23.5 Å². The lowest BCUT2D eigenvalue weighted by Crippen LogP contribution is -2.51. The summed E-state index contributed by atoms with van der Waals surface area (Å²) in [4.78, 5) is 23.5. The zero-order valence-corrected chi connectivity index (χ0v) is 18.6. The van der Waals surface area contributed by atoms with Crippen LogP contribution in [0.15, 0.2) is 48.5 Å². The number of fused-ring (bicyclic) bond motifs is 1. The lowest BCUT2D eigenvalue weighted by atomic mass is 10.0. The maximum atomic E-state index is 13.2. The third kappa shape index (κ3) is 4.92. The fraction of sp³-hybridized carbons (Fsp3) is 0.292. The van der Waals surface area contributed by atoms with Gasteiger partial charge in [-0.15, -0.1) is 0 Å². The monoisotopic (exact) mass is 456 g/mol. The summed E-state index contributed by atoms with van der Waals surface area (Å²) < 4.78 is 45.5. The van der Waals surface area contributed by atoms with Gasteiger partial charge in [0.2, 0.25) is 0 Å². The van der Waals surface area contributed by atoms with Crippen LogP contribution in [0.2, 0.25) is 0 Å². The highest BCUT2D eigenvalue weighted by molar-refractivity contribution is 6.02. The van der Waals surface area contributed by atoms with Gasteiger partial charge in [0.05, 0.1) is 17.8 Å². The number of benzene rings is 1. The highest BCUT2D eigenvalue weighted by atomic mass is 19.4. The third-order valence-corrected chi connectivity index (χ3v) is 5.08. The molecule has 0 radical (unpaired) electrons. The second-order valence-electron chi connectivity index (χ2n) is 8.61. The van der Waals surface area contributed by atoms with Crippen LogP contribution in [-0.4, -0.2) is 28.1 Å². The van der Waals surface area contributed by atoms with Gasteiger partial charge >= 0.3 is 12.2 Å². The van der Waals surface area contributed by atoms with Crippen molar-refractivity contribution < 1.29 is 22.7 Å². The van der Waals surface area contributed by atoms with Gasteiger partial charge in [0.1, 0.15) is 5.60 Å². The summed E-state index contributed by atoms with van der Waals surface area (Å²) in [5, 5.41) is 2.86. The maximum absolute atomic E-state index is 13.2. The summed E-state index contributed by atoms with van der Waals surface area (Å²) in [5.41, 5.74) is 1.25. The molecule has 3 aromatic rings. The molecular formula is C24H23F3N4O2. The van der Waals surface area contributed by atoms with Crippen molar-refractivity contribution in [3.05, 3.63) is 65.5 Å². The smallest absolute Gasteiger partial charge is 0.416 e. The van der Waals surface area contributed by atoms with Crippen LogP contribution in [0.5, 0.6) is 5.75 Å². The summed E-state index contributed by atoms with van der Waals surface area (Å²) in [7, 11) is 0. The molecule has 1 N–H and O–H groups in total. The Labute approximate surface area is 189 Å². The van der Waals surface area contributed by atoms with E-state index in [1.807, 2.05) is 27.7 Å². The van der Waals surface area contributed by atoms with Crippen LogP contribution in [0.4, 0.5) is 29.5 Å². The topological polar surface area (TPSA) is 67.4 Å². The fourth-order valence-electron chi connectivity index (χ4n) is 3.78. The predicted octanol–water partition coefficient (Wildman–Crippen LogP) is 5.99. The number of ether oxygens (including phenoxy) is 1. The number of hydrogen-bond acceptors (Lipinski definition) is 4. The van der Waals surface area contributed by atoms with Crippen molar-refractivity contribution in [2.45, 2.75) is 39.5 Å². The summed E-state index contributed by atoms with van der Waals surface area (Å²) in [6.07, 6.45) is -4.47. The van der Waals surface area contributed by atoms with Gasteiger partial charge in [-0.25, -0.2) is 9.78 Å². The molecular weight excluding hydrogens is 433 g/mol. The summed E-state index contributed by atoms with van der Waals surface area (Å²) >= 11 is 0. The number of halogens is 3. The molecule has 1 aromatic carbocycles. The summed E-state index contributed by atoms with van der Waals surface area (Å²) in [6.45, 7) is 7.56. The number of hydrogen-bond donors (Lipinski definition) is 1. The number of carbonyl (C=O) groups is 1. The van der Waals surface area contributed by atoms with Crippen molar-refractivity contribution >= 4 is 17.5 Å². The van der Waals surface area contributed by atoms with E-state index in [1.165, 1.54) is 11.0 Å². The highest BCUT2D eigenvalue weighted by Gasteiger charge is 2.37. The first-order valence-electron chi connectivity index (χ1n) is 10.3. The van der Waals surface area contributed by atoms with E-state index in [9.17, 15) is 18.0 Å². The van der Waals surface area contributed by atoms with Crippen molar-refractivity contribution in [1.82, 2.24) is 9.97 Å². The molecule has 3 heterocycles. The van der Waals surface area contributed by atoms with E-state index in [-0.39, 0.29) is 12.4 Å². The van der Waals surface area contributed by atoms with Crippen LogP contribution in [0.3, 0.4) is 0 Å². The molecule has 0 aliphatic carbocycles. The first-order valence-corrected chi connectivity index (χ1v) is 10.3. The highest BCUT2D eigenvalue weighted by Crippen LogP contribution is 2.38. The lowest BCUT2D eigenvalue weighted by Gasteiger charge is -2.38. The van der Waals surface area contributed by atoms with E-state index in [1.54, 1.807) is 30.3 Å². The van der Waals surface area contributed by atoms with Crippen molar-refractivity contribution in [1.29, 1.82) is 0 Å². The Morgan fingerprint density at radius 2 is 1.76 bits per heavy atom. The Hall–Kier alpha value is -3.62. The van der Waals surface area contributed by atoms with E-state index < -0.39 is 23.4 Å². The number of nitrogens with one attached hydrogen (secondary N) is 1. The van der Waals surface area contributed by atoms with Crippen LogP contribution in [-0.2, 0) is 6.18 Å². The molecule has 9 heteroatoms. The van der Waals surface area contributed by atoms with Crippen LogP contribution < -0.4 is 15.0 Å². The normalized spacial score (nSPS) is 14.9. The van der Waals surface area contributed by atoms with Gasteiger partial charge in [0.15, 0.2) is 11.6 Å². The quantitative estimate of drug-likeness (QED) is 0.515. The molecule has 4 rings (SSSR count). The van der Waals surface area contributed by atoms with Crippen molar-refractivity contribution in [2.75, 3.05) is 16.8 Å².